The third kappa shape index (κ3) is 5.93. The number of fused-ring (bicyclic) bond motifs is 7. The summed E-state index contributed by atoms with van der Waals surface area (Å²) in [5.41, 5.74) is 10.2. The largest absolute Gasteiger partial charge is 0.324 e. The van der Waals surface area contributed by atoms with Crippen LogP contribution in [0.3, 0.4) is 0 Å². The Bertz CT molecular complexity index is 3180. The first-order valence-electron chi connectivity index (χ1n) is 19.8. The Hall–Kier alpha value is -7.62. The molecule has 10 aromatic carbocycles. The summed E-state index contributed by atoms with van der Waals surface area (Å²) in [6, 6.07) is 76.1. The molecule has 3 heteroatoms. The van der Waals surface area contributed by atoms with Crippen LogP contribution in [0.4, 0.5) is 0 Å². The van der Waals surface area contributed by atoms with E-state index in [4.69, 9.17) is 9.98 Å². The standard InChI is InChI=1S/C55H37N3/c1-3-13-36(14-4-1)37-23-27-41(28-24-37)54-56-53(40-16-5-2-6-17-40)57-55(58-54)42-29-25-39(26-30-42)52-44-18-8-7-15-38(44)31-33-45(52)43-32-34-50-48-21-10-9-19-46(48)47-20-11-12-22-49(47)51(50)35-43/h1-35,55H,(H,56,57,58). The SMILES string of the molecule is c1ccc(C2=NC(c3ccc(-c4c(-c5ccc6c7ccccc7c7ccccc7c6c5)ccc5ccccc45)cc3)N=C(c3ccc(-c4ccccc4)cc3)N2)cc1. The summed E-state index contributed by atoms with van der Waals surface area (Å²) in [6.45, 7) is 0. The molecule has 1 N–H and O–H groups in total. The van der Waals surface area contributed by atoms with Crippen molar-refractivity contribution in [3.05, 3.63) is 229 Å². The van der Waals surface area contributed by atoms with Crippen LogP contribution in [0.5, 0.6) is 0 Å². The predicted octanol–water partition coefficient (Wildman–Crippen LogP) is 13.8. The van der Waals surface area contributed by atoms with Crippen molar-refractivity contribution in [1.82, 2.24) is 5.32 Å². The Morgan fingerprint density at radius 2 is 0.759 bits per heavy atom. The summed E-state index contributed by atoms with van der Waals surface area (Å²) in [7, 11) is 0. The van der Waals surface area contributed by atoms with Crippen LogP contribution in [0.15, 0.2) is 222 Å². The summed E-state index contributed by atoms with van der Waals surface area (Å²) in [6.07, 6.45) is -0.412. The summed E-state index contributed by atoms with van der Waals surface area (Å²) < 4.78 is 0. The number of benzene rings is 10. The molecular weight excluding hydrogens is 703 g/mol. The smallest absolute Gasteiger partial charge is 0.169 e. The van der Waals surface area contributed by atoms with Crippen molar-refractivity contribution in [3.8, 4) is 33.4 Å². The Morgan fingerprint density at radius 3 is 1.40 bits per heavy atom. The van der Waals surface area contributed by atoms with E-state index in [-0.39, 0.29) is 0 Å². The number of amidine groups is 2. The van der Waals surface area contributed by atoms with Crippen molar-refractivity contribution in [2.24, 2.45) is 9.98 Å². The first-order valence-corrected chi connectivity index (χ1v) is 19.8. The fraction of sp³-hybridized carbons (Fsp3) is 0.0182. The molecule has 0 aromatic heterocycles. The molecule has 1 atom stereocenters. The lowest BCUT2D eigenvalue weighted by molar-refractivity contribution is 0.756. The molecular formula is C55H37N3. The minimum Gasteiger partial charge on any atom is -0.324 e. The second kappa shape index (κ2) is 14.1. The number of rotatable bonds is 6. The summed E-state index contributed by atoms with van der Waals surface area (Å²) in [4.78, 5) is 10.4. The first-order chi connectivity index (χ1) is 28.7. The lowest BCUT2D eigenvalue weighted by Gasteiger charge is -2.23. The third-order valence-corrected chi connectivity index (χ3v) is 11.5. The maximum Gasteiger partial charge on any atom is 0.169 e. The van der Waals surface area contributed by atoms with Crippen molar-refractivity contribution < 1.29 is 0 Å². The molecule has 1 aliphatic heterocycles. The van der Waals surface area contributed by atoms with E-state index < -0.39 is 6.17 Å². The minimum absolute atomic E-state index is 0.412. The topological polar surface area (TPSA) is 36.8 Å². The van der Waals surface area contributed by atoms with Crippen molar-refractivity contribution in [3.63, 3.8) is 0 Å². The molecule has 3 nitrogen and oxygen atoms in total. The van der Waals surface area contributed by atoms with Crippen LogP contribution in [0.2, 0.25) is 0 Å². The molecule has 0 saturated carbocycles. The zero-order valence-electron chi connectivity index (χ0n) is 31.7. The number of nitrogens with one attached hydrogen (secondary N) is 1. The Labute approximate surface area is 337 Å². The van der Waals surface area contributed by atoms with E-state index in [9.17, 15) is 0 Å². The molecule has 0 radical (unpaired) electrons. The van der Waals surface area contributed by atoms with Crippen LogP contribution in [-0.2, 0) is 0 Å². The highest BCUT2D eigenvalue weighted by molar-refractivity contribution is 6.26. The highest BCUT2D eigenvalue weighted by Gasteiger charge is 2.22. The van der Waals surface area contributed by atoms with Gasteiger partial charge in [0.25, 0.3) is 0 Å². The fourth-order valence-electron chi connectivity index (χ4n) is 8.66. The predicted molar refractivity (Wildman–Crippen MR) is 245 cm³/mol. The first kappa shape index (κ1) is 33.7. The van der Waals surface area contributed by atoms with Crippen LogP contribution >= 0.6 is 0 Å². The van der Waals surface area contributed by atoms with Gasteiger partial charge in [-0.3, -0.25) is 0 Å². The number of aliphatic imine (C=N–C) groups is 2. The second-order valence-corrected chi connectivity index (χ2v) is 14.9. The minimum atomic E-state index is -0.412. The zero-order chi connectivity index (χ0) is 38.4. The molecule has 0 spiro atoms. The van der Waals surface area contributed by atoms with Crippen molar-refractivity contribution in [2.45, 2.75) is 6.17 Å². The van der Waals surface area contributed by atoms with Crippen LogP contribution in [-0.4, -0.2) is 11.7 Å². The summed E-state index contributed by atoms with van der Waals surface area (Å²) in [5, 5.41) is 13.7. The highest BCUT2D eigenvalue weighted by atomic mass is 15.2. The molecule has 1 unspecified atom stereocenters. The van der Waals surface area contributed by atoms with Gasteiger partial charge < -0.3 is 5.32 Å². The highest BCUT2D eigenvalue weighted by Crippen LogP contribution is 2.42. The number of hydrogen-bond donors (Lipinski definition) is 1. The van der Waals surface area contributed by atoms with Crippen molar-refractivity contribution in [2.75, 3.05) is 0 Å². The number of nitrogens with zero attached hydrogens (tertiary/aromatic N) is 2. The summed E-state index contributed by atoms with van der Waals surface area (Å²) in [5.74, 6) is 1.61. The number of hydrogen-bond acceptors (Lipinski definition) is 3. The average Bonchev–Trinajstić information content (AvgIpc) is 3.31. The van der Waals surface area contributed by atoms with Crippen LogP contribution in [0.25, 0.3) is 76.5 Å². The van der Waals surface area contributed by atoms with E-state index in [1.54, 1.807) is 0 Å². The molecule has 10 aromatic rings. The van der Waals surface area contributed by atoms with Crippen molar-refractivity contribution in [1.29, 1.82) is 0 Å². The van der Waals surface area contributed by atoms with E-state index in [0.717, 1.165) is 33.9 Å². The van der Waals surface area contributed by atoms with Crippen LogP contribution in [0, 0.1) is 0 Å². The van der Waals surface area contributed by atoms with E-state index in [1.807, 2.05) is 24.3 Å². The Kier molecular flexibility index (Phi) is 8.22. The average molecular weight is 740 g/mol. The van der Waals surface area contributed by atoms with Gasteiger partial charge in [0.1, 0.15) is 11.7 Å². The molecule has 0 fully saturated rings. The van der Waals surface area contributed by atoms with Gasteiger partial charge in [-0.25, -0.2) is 9.98 Å². The van der Waals surface area contributed by atoms with E-state index in [1.165, 1.54) is 70.9 Å². The van der Waals surface area contributed by atoms with Crippen LogP contribution < -0.4 is 5.32 Å². The van der Waals surface area contributed by atoms with Gasteiger partial charge >= 0.3 is 0 Å². The van der Waals surface area contributed by atoms with Gasteiger partial charge in [0.2, 0.25) is 0 Å². The quantitative estimate of drug-likeness (QED) is 0.169. The molecule has 0 amide bonds. The fourth-order valence-corrected chi connectivity index (χ4v) is 8.66. The van der Waals surface area contributed by atoms with Gasteiger partial charge in [-0.05, 0) is 88.1 Å². The zero-order valence-corrected chi connectivity index (χ0v) is 31.7. The molecule has 272 valence electrons. The van der Waals surface area contributed by atoms with E-state index in [2.05, 4.69) is 193 Å². The molecule has 1 aliphatic rings. The van der Waals surface area contributed by atoms with E-state index in [0.29, 0.717) is 0 Å². The van der Waals surface area contributed by atoms with Gasteiger partial charge in [-0.2, -0.15) is 0 Å². The lowest BCUT2D eigenvalue weighted by Crippen LogP contribution is -2.36. The van der Waals surface area contributed by atoms with Crippen molar-refractivity contribution >= 4 is 54.8 Å². The Balaban J connectivity index is 1.02. The normalized spacial score (nSPS) is 14.0. The van der Waals surface area contributed by atoms with Gasteiger partial charge in [0, 0.05) is 11.1 Å². The lowest BCUT2D eigenvalue weighted by atomic mass is 9.87. The van der Waals surface area contributed by atoms with Gasteiger partial charge in [0.05, 0.1) is 0 Å². The molecule has 58 heavy (non-hydrogen) atoms. The monoisotopic (exact) mass is 739 g/mol. The molecule has 0 bridgehead atoms. The molecule has 11 rings (SSSR count). The van der Waals surface area contributed by atoms with Gasteiger partial charge in [-0.15, -0.1) is 0 Å². The molecule has 0 aliphatic carbocycles. The maximum atomic E-state index is 5.21. The maximum absolute atomic E-state index is 5.21. The second-order valence-electron chi connectivity index (χ2n) is 14.9. The van der Waals surface area contributed by atoms with Gasteiger partial charge in [-0.1, -0.05) is 206 Å². The Morgan fingerprint density at radius 1 is 0.310 bits per heavy atom. The summed E-state index contributed by atoms with van der Waals surface area (Å²) >= 11 is 0. The molecule has 0 saturated heterocycles. The van der Waals surface area contributed by atoms with Crippen LogP contribution in [0.1, 0.15) is 22.9 Å². The molecule has 1 heterocycles. The third-order valence-electron chi connectivity index (χ3n) is 11.5. The van der Waals surface area contributed by atoms with E-state index >= 15 is 0 Å². The van der Waals surface area contributed by atoms with Gasteiger partial charge in [0.15, 0.2) is 6.17 Å².